The number of allylic oxidation sites excluding steroid dienone is 2. The predicted molar refractivity (Wildman–Crippen MR) is 100.0 cm³/mol. The lowest BCUT2D eigenvalue weighted by Crippen LogP contribution is -1.97. The molecule has 0 unspecified atom stereocenters. The second kappa shape index (κ2) is 5.55. The third kappa shape index (κ3) is 2.14. The van der Waals surface area contributed by atoms with Gasteiger partial charge < -0.3 is 0 Å². The third-order valence-electron chi connectivity index (χ3n) is 4.89. The Labute approximate surface area is 137 Å². The highest BCUT2D eigenvalue weighted by Gasteiger charge is 2.21. The molecule has 0 spiro atoms. The van der Waals surface area contributed by atoms with Gasteiger partial charge in [0.25, 0.3) is 0 Å². The van der Waals surface area contributed by atoms with Gasteiger partial charge in [-0.3, -0.25) is 0 Å². The maximum absolute atomic E-state index is 3.97. The van der Waals surface area contributed by atoms with E-state index in [1.54, 1.807) is 0 Å². The van der Waals surface area contributed by atoms with Gasteiger partial charge >= 0.3 is 0 Å². The second-order valence-corrected chi connectivity index (χ2v) is 6.21. The molecule has 1 aliphatic rings. The van der Waals surface area contributed by atoms with Crippen LogP contribution in [0.5, 0.6) is 0 Å². The molecular weight excluding hydrogens is 276 g/mol. The molecule has 0 heteroatoms. The van der Waals surface area contributed by atoms with Crippen LogP contribution in [0, 0.1) is 0 Å². The van der Waals surface area contributed by atoms with Crippen molar-refractivity contribution in [1.29, 1.82) is 0 Å². The van der Waals surface area contributed by atoms with Crippen molar-refractivity contribution in [2.45, 2.75) is 19.3 Å². The SMILES string of the molecule is C=CCc1ccc2ccc3c(c2c1CC=C)Cc1ccccc1-3. The second-order valence-electron chi connectivity index (χ2n) is 6.21. The van der Waals surface area contributed by atoms with Crippen molar-refractivity contribution in [2.75, 3.05) is 0 Å². The summed E-state index contributed by atoms with van der Waals surface area (Å²) in [6.45, 7) is 7.89. The molecule has 0 atom stereocenters. The van der Waals surface area contributed by atoms with Crippen LogP contribution in [0.3, 0.4) is 0 Å². The van der Waals surface area contributed by atoms with E-state index in [0.29, 0.717) is 0 Å². The summed E-state index contributed by atoms with van der Waals surface area (Å²) in [6.07, 6.45) is 6.86. The van der Waals surface area contributed by atoms with Crippen LogP contribution in [0.4, 0.5) is 0 Å². The van der Waals surface area contributed by atoms with Crippen molar-refractivity contribution >= 4 is 10.8 Å². The van der Waals surface area contributed by atoms with Gasteiger partial charge in [0.1, 0.15) is 0 Å². The molecule has 0 fully saturated rings. The average Bonchev–Trinajstić information content (AvgIpc) is 2.95. The van der Waals surface area contributed by atoms with Crippen molar-refractivity contribution in [3.63, 3.8) is 0 Å². The van der Waals surface area contributed by atoms with Gasteiger partial charge in [-0.1, -0.05) is 60.7 Å². The lowest BCUT2D eigenvalue weighted by atomic mass is 9.90. The van der Waals surface area contributed by atoms with Gasteiger partial charge in [0.2, 0.25) is 0 Å². The molecule has 0 saturated carbocycles. The first-order valence-electron chi connectivity index (χ1n) is 8.20. The largest absolute Gasteiger partial charge is 0.103 e. The number of hydrogen-bond donors (Lipinski definition) is 0. The fraction of sp³-hybridized carbons (Fsp3) is 0.130. The van der Waals surface area contributed by atoms with Crippen molar-refractivity contribution in [1.82, 2.24) is 0 Å². The van der Waals surface area contributed by atoms with Crippen LogP contribution >= 0.6 is 0 Å². The molecule has 23 heavy (non-hydrogen) atoms. The molecule has 3 aromatic carbocycles. The molecule has 0 bridgehead atoms. The average molecular weight is 296 g/mol. The monoisotopic (exact) mass is 296 g/mol. The molecule has 1 aliphatic carbocycles. The van der Waals surface area contributed by atoms with Crippen molar-refractivity contribution < 1.29 is 0 Å². The molecule has 4 rings (SSSR count). The van der Waals surface area contributed by atoms with Crippen molar-refractivity contribution in [3.8, 4) is 11.1 Å². The van der Waals surface area contributed by atoms with Crippen LogP contribution in [0.1, 0.15) is 22.3 Å². The van der Waals surface area contributed by atoms with E-state index in [1.807, 2.05) is 12.2 Å². The smallest absolute Gasteiger partial charge is 0.000718 e. The molecule has 0 aliphatic heterocycles. The Balaban J connectivity index is 2.05. The minimum Gasteiger partial charge on any atom is -0.103 e. The van der Waals surface area contributed by atoms with Gasteiger partial charge in [-0.05, 0) is 63.4 Å². The van der Waals surface area contributed by atoms with Crippen LogP contribution in [-0.4, -0.2) is 0 Å². The molecule has 0 radical (unpaired) electrons. The van der Waals surface area contributed by atoms with Gasteiger partial charge in [-0.15, -0.1) is 13.2 Å². The molecule has 0 heterocycles. The summed E-state index contributed by atoms with van der Waals surface area (Å²) in [5, 5.41) is 2.76. The number of hydrogen-bond acceptors (Lipinski definition) is 0. The summed E-state index contributed by atoms with van der Waals surface area (Å²) in [5.74, 6) is 0. The summed E-state index contributed by atoms with van der Waals surface area (Å²) in [6, 6.07) is 17.8. The Morgan fingerprint density at radius 1 is 0.826 bits per heavy atom. The predicted octanol–water partition coefficient (Wildman–Crippen LogP) is 5.87. The summed E-state index contributed by atoms with van der Waals surface area (Å²) in [4.78, 5) is 0. The van der Waals surface area contributed by atoms with Crippen LogP contribution in [0.2, 0.25) is 0 Å². The van der Waals surface area contributed by atoms with Gasteiger partial charge in [-0.25, -0.2) is 0 Å². The first kappa shape index (κ1) is 14.0. The fourth-order valence-electron chi connectivity index (χ4n) is 3.90. The van der Waals surface area contributed by atoms with Crippen LogP contribution in [0.15, 0.2) is 73.8 Å². The van der Waals surface area contributed by atoms with Gasteiger partial charge in [0.05, 0.1) is 0 Å². The van der Waals surface area contributed by atoms with Gasteiger partial charge in [0.15, 0.2) is 0 Å². The maximum atomic E-state index is 3.97. The van der Waals surface area contributed by atoms with Crippen LogP contribution < -0.4 is 0 Å². The Hall–Kier alpha value is -2.60. The highest BCUT2D eigenvalue weighted by Crippen LogP contribution is 2.42. The number of fused-ring (bicyclic) bond motifs is 5. The molecule has 0 amide bonds. The zero-order chi connectivity index (χ0) is 15.8. The Bertz CT molecular complexity index is 928. The van der Waals surface area contributed by atoms with E-state index >= 15 is 0 Å². The lowest BCUT2D eigenvalue weighted by Gasteiger charge is -2.14. The molecule has 0 saturated heterocycles. The summed E-state index contributed by atoms with van der Waals surface area (Å²) in [7, 11) is 0. The lowest BCUT2D eigenvalue weighted by molar-refractivity contribution is 1.16. The van der Waals surface area contributed by atoms with Crippen molar-refractivity contribution in [3.05, 3.63) is 96.1 Å². The zero-order valence-electron chi connectivity index (χ0n) is 13.3. The van der Waals surface area contributed by atoms with Crippen LogP contribution in [0.25, 0.3) is 21.9 Å². The van der Waals surface area contributed by atoms with E-state index < -0.39 is 0 Å². The summed E-state index contributed by atoms with van der Waals surface area (Å²) >= 11 is 0. The van der Waals surface area contributed by atoms with Crippen LogP contribution in [-0.2, 0) is 19.3 Å². The minimum atomic E-state index is 0.910. The van der Waals surface area contributed by atoms with Crippen molar-refractivity contribution in [2.24, 2.45) is 0 Å². The van der Waals surface area contributed by atoms with E-state index in [-0.39, 0.29) is 0 Å². The minimum absolute atomic E-state index is 0.910. The highest BCUT2D eigenvalue weighted by atomic mass is 14.2. The van der Waals surface area contributed by atoms with E-state index in [9.17, 15) is 0 Å². The Morgan fingerprint density at radius 3 is 2.43 bits per heavy atom. The van der Waals surface area contributed by atoms with E-state index in [4.69, 9.17) is 0 Å². The standard InChI is InChI=1S/C23H20/c1-3-7-16-11-12-17-13-14-21-19-10-6-5-9-18(19)15-22(21)23(17)20(16)8-4-2/h3-6,9-14H,1-2,7-8,15H2. The first-order valence-corrected chi connectivity index (χ1v) is 8.20. The van der Waals surface area contributed by atoms with Gasteiger partial charge in [0, 0.05) is 0 Å². The molecule has 0 nitrogen and oxygen atoms in total. The van der Waals surface area contributed by atoms with E-state index in [1.165, 1.54) is 44.2 Å². The fourth-order valence-corrected chi connectivity index (χ4v) is 3.90. The maximum Gasteiger partial charge on any atom is -0.000718 e. The zero-order valence-corrected chi connectivity index (χ0v) is 13.3. The summed E-state index contributed by atoms with van der Waals surface area (Å²) in [5.41, 5.74) is 8.50. The quantitative estimate of drug-likeness (QED) is 0.413. The summed E-state index contributed by atoms with van der Waals surface area (Å²) < 4.78 is 0. The van der Waals surface area contributed by atoms with Gasteiger partial charge in [-0.2, -0.15) is 0 Å². The van der Waals surface area contributed by atoms with E-state index in [2.05, 4.69) is 61.7 Å². The molecular formula is C23H20. The molecule has 112 valence electrons. The molecule has 3 aromatic rings. The number of benzene rings is 3. The topological polar surface area (TPSA) is 0 Å². The molecule has 0 aromatic heterocycles. The normalized spacial score (nSPS) is 12.0. The van der Waals surface area contributed by atoms with E-state index in [0.717, 1.165) is 19.3 Å². The molecule has 0 N–H and O–H groups in total. The first-order chi connectivity index (χ1) is 11.3. The Kier molecular flexibility index (Phi) is 3.38. The number of rotatable bonds is 4. The highest BCUT2D eigenvalue weighted by molar-refractivity contribution is 5.97. The third-order valence-corrected chi connectivity index (χ3v) is 4.89. The Morgan fingerprint density at radius 2 is 1.61 bits per heavy atom.